The fourth-order valence-corrected chi connectivity index (χ4v) is 2.89. The molecule has 0 aliphatic rings. The normalized spacial score (nSPS) is 12.5. The molecule has 3 aromatic rings. The Hall–Kier alpha value is -1.91. The first-order valence-corrected chi connectivity index (χ1v) is 7.29. The van der Waals surface area contributed by atoms with Crippen molar-refractivity contribution in [2.75, 3.05) is 0 Å². The summed E-state index contributed by atoms with van der Waals surface area (Å²) in [5.74, 6) is 0. The number of rotatable bonds is 3. The summed E-state index contributed by atoms with van der Waals surface area (Å²) in [7, 11) is 0. The third-order valence-corrected chi connectivity index (χ3v) is 4.15. The molecule has 0 aliphatic carbocycles. The van der Waals surface area contributed by atoms with E-state index in [1.807, 2.05) is 31.2 Å². The molecule has 0 bridgehead atoms. The third kappa shape index (κ3) is 2.66. The molecule has 0 unspecified atom stereocenters. The number of fused-ring (bicyclic) bond motifs is 1. The molecule has 1 heterocycles. The van der Waals surface area contributed by atoms with Crippen molar-refractivity contribution in [2.24, 2.45) is 5.73 Å². The van der Waals surface area contributed by atoms with Gasteiger partial charge in [-0.1, -0.05) is 42.1 Å². The molecule has 0 amide bonds. The van der Waals surface area contributed by atoms with E-state index in [9.17, 15) is 0 Å². The molecule has 0 saturated heterocycles. The molecule has 4 heteroatoms. The number of nitrogens with zero attached hydrogens (tertiary/aromatic N) is 2. The van der Waals surface area contributed by atoms with Crippen LogP contribution in [0.25, 0.3) is 10.9 Å². The maximum Gasteiger partial charge on any atom is 0.117 e. The van der Waals surface area contributed by atoms with E-state index in [1.54, 1.807) is 18.1 Å². The number of para-hydroxylation sites is 1. The van der Waals surface area contributed by atoms with E-state index in [1.165, 1.54) is 0 Å². The van der Waals surface area contributed by atoms with E-state index >= 15 is 0 Å². The topological polar surface area (TPSA) is 51.8 Å². The highest BCUT2D eigenvalue weighted by atomic mass is 32.2. The number of aromatic nitrogens is 2. The van der Waals surface area contributed by atoms with Crippen LogP contribution < -0.4 is 5.73 Å². The zero-order valence-corrected chi connectivity index (χ0v) is 12.0. The van der Waals surface area contributed by atoms with Crippen LogP contribution in [-0.2, 0) is 0 Å². The van der Waals surface area contributed by atoms with Crippen LogP contribution in [0.15, 0.2) is 64.8 Å². The number of benzene rings is 2. The Morgan fingerprint density at radius 1 is 1.00 bits per heavy atom. The molecule has 2 N–H and O–H groups in total. The van der Waals surface area contributed by atoms with Crippen LogP contribution >= 0.6 is 11.8 Å². The molecule has 3 rings (SSSR count). The van der Waals surface area contributed by atoms with Gasteiger partial charge in [-0.15, -0.1) is 0 Å². The van der Waals surface area contributed by atoms with E-state index < -0.39 is 0 Å². The van der Waals surface area contributed by atoms with E-state index in [0.717, 1.165) is 26.4 Å². The Labute approximate surface area is 122 Å². The molecule has 100 valence electrons. The average Bonchev–Trinajstić information content (AvgIpc) is 2.48. The van der Waals surface area contributed by atoms with E-state index in [4.69, 9.17) is 5.73 Å². The molecule has 0 saturated carbocycles. The van der Waals surface area contributed by atoms with Gasteiger partial charge >= 0.3 is 0 Å². The van der Waals surface area contributed by atoms with Crippen molar-refractivity contribution >= 4 is 22.7 Å². The summed E-state index contributed by atoms with van der Waals surface area (Å²) >= 11 is 1.65. The SMILES string of the molecule is C[C@@H](N)c1ccc(Sc2ncnc3ccccc23)cc1. The number of nitrogens with two attached hydrogens (primary N) is 1. The molecular weight excluding hydrogens is 266 g/mol. The smallest absolute Gasteiger partial charge is 0.117 e. The van der Waals surface area contributed by atoms with Crippen LogP contribution in [0.1, 0.15) is 18.5 Å². The zero-order valence-electron chi connectivity index (χ0n) is 11.2. The van der Waals surface area contributed by atoms with Gasteiger partial charge in [0.2, 0.25) is 0 Å². The lowest BCUT2D eigenvalue weighted by molar-refractivity contribution is 0.817. The molecule has 1 atom stereocenters. The van der Waals surface area contributed by atoms with Gasteiger partial charge in [0, 0.05) is 16.3 Å². The second-order valence-electron chi connectivity index (χ2n) is 4.66. The average molecular weight is 281 g/mol. The Kier molecular flexibility index (Phi) is 3.67. The zero-order chi connectivity index (χ0) is 13.9. The van der Waals surface area contributed by atoms with Crippen molar-refractivity contribution in [3.63, 3.8) is 0 Å². The standard InChI is InChI=1S/C16H15N3S/c1-11(17)12-6-8-13(9-7-12)20-16-14-4-2-3-5-15(14)18-10-19-16/h2-11H,17H2,1H3/t11-/m1/s1. The molecule has 0 spiro atoms. The van der Waals surface area contributed by atoms with Gasteiger partial charge in [0.1, 0.15) is 11.4 Å². The summed E-state index contributed by atoms with van der Waals surface area (Å²) < 4.78 is 0. The molecule has 20 heavy (non-hydrogen) atoms. The fourth-order valence-electron chi connectivity index (χ4n) is 2.01. The fraction of sp³-hybridized carbons (Fsp3) is 0.125. The van der Waals surface area contributed by atoms with Gasteiger partial charge in [0.05, 0.1) is 5.52 Å². The summed E-state index contributed by atoms with van der Waals surface area (Å²) in [5, 5.41) is 2.06. The minimum Gasteiger partial charge on any atom is -0.324 e. The summed E-state index contributed by atoms with van der Waals surface area (Å²) in [6.45, 7) is 1.99. The molecule has 0 radical (unpaired) electrons. The Balaban J connectivity index is 1.93. The minimum absolute atomic E-state index is 0.0638. The molecule has 1 aromatic heterocycles. The van der Waals surface area contributed by atoms with Gasteiger partial charge in [-0.25, -0.2) is 9.97 Å². The second kappa shape index (κ2) is 5.61. The van der Waals surface area contributed by atoms with Gasteiger partial charge in [-0.2, -0.15) is 0 Å². The largest absolute Gasteiger partial charge is 0.324 e. The second-order valence-corrected chi connectivity index (χ2v) is 5.72. The quantitative estimate of drug-likeness (QED) is 0.742. The lowest BCUT2D eigenvalue weighted by atomic mass is 10.1. The van der Waals surface area contributed by atoms with Crippen molar-refractivity contribution in [3.8, 4) is 0 Å². The highest BCUT2D eigenvalue weighted by Crippen LogP contribution is 2.31. The summed E-state index contributed by atoms with van der Waals surface area (Å²) in [6.07, 6.45) is 1.61. The lowest BCUT2D eigenvalue weighted by Crippen LogP contribution is -2.04. The molecule has 0 aliphatic heterocycles. The van der Waals surface area contributed by atoms with Gasteiger partial charge < -0.3 is 5.73 Å². The van der Waals surface area contributed by atoms with Gasteiger partial charge in [-0.05, 0) is 30.7 Å². The van der Waals surface area contributed by atoms with Gasteiger partial charge in [0.25, 0.3) is 0 Å². The van der Waals surface area contributed by atoms with E-state index in [2.05, 4.69) is 34.2 Å². The monoisotopic (exact) mass is 281 g/mol. The first-order chi connectivity index (χ1) is 9.74. The van der Waals surface area contributed by atoms with E-state index in [0.29, 0.717) is 0 Å². The predicted molar refractivity (Wildman–Crippen MR) is 82.7 cm³/mol. The number of hydrogen-bond acceptors (Lipinski definition) is 4. The first-order valence-electron chi connectivity index (χ1n) is 6.47. The third-order valence-electron chi connectivity index (χ3n) is 3.13. The Morgan fingerprint density at radius 3 is 2.50 bits per heavy atom. The van der Waals surface area contributed by atoms with Gasteiger partial charge in [-0.3, -0.25) is 0 Å². The van der Waals surface area contributed by atoms with Gasteiger partial charge in [0.15, 0.2) is 0 Å². The van der Waals surface area contributed by atoms with Crippen molar-refractivity contribution in [3.05, 3.63) is 60.4 Å². The van der Waals surface area contributed by atoms with Crippen molar-refractivity contribution in [2.45, 2.75) is 22.9 Å². The maximum absolute atomic E-state index is 5.86. The molecule has 3 nitrogen and oxygen atoms in total. The highest BCUT2D eigenvalue weighted by molar-refractivity contribution is 7.99. The summed E-state index contributed by atoms with van der Waals surface area (Å²) in [6, 6.07) is 16.4. The predicted octanol–water partition coefficient (Wildman–Crippen LogP) is 3.80. The summed E-state index contributed by atoms with van der Waals surface area (Å²) in [5.41, 5.74) is 7.97. The Morgan fingerprint density at radius 2 is 1.75 bits per heavy atom. The Bertz CT molecular complexity index is 718. The van der Waals surface area contributed by atoms with Crippen LogP contribution in [-0.4, -0.2) is 9.97 Å². The van der Waals surface area contributed by atoms with Crippen molar-refractivity contribution in [1.29, 1.82) is 0 Å². The van der Waals surface area contributed by atoms with Crippen molar-refractivity contribution in [1.82, 2.24) is 9.97 Å². The molecule has 0 fully saturated rings. The van der Waals surface area contributed by atoms with Crippen molar-refractivity contribution < 1.29 is 0 Å². The summed E-state index contributed by atoms with van der Waals surface area (Å²) in [4.78, 5) is 9.82. The molecule has 2 aromatic carbocycles. The van der Waals surface area contributed by atoms with Crippen LogP contribution in [0.5, 0.6) is 0 Å². The van der Waals surface area contributed by atoms with Crippen LogP contribution in [0.3, 0.4) is 0 Å². The maximum atomic E-state index is 5.86. The first kappa shape index (κ1) is 13.1. The molecular formula is C16H15N3S. The van der Waals surface area contributed by atoms with Crippen LogP contribution in [0, 0.1) is 0 Å². The number of hydrogen-bond donors (Lipinski definition) is 1. The minimum atomic E-state index is 0.0638. The highest BCUT2D eigenvalue weighted by Gasteiger charge is 2.06. The van der Waals surface area contributed by atoms with E-state index in [-0.39, 0.29) is 6.04 Å². The van der Waals surface area contributed by atoms with Crippen LogP contribution in [0.4, 0.5) is 0 Å². The lowest BCUT2D eigenvalue weighted by Gasteiger charge is -2.07. The van der Waals surface area contributed by atoms with Crippen LogP contribution in [0.2, 0.25) is 0 Å².